The third-order valence-corrected chi connectivity index (χ3v) is 3.61. The highest BCUT2D eigenvalue weighted by atomic mass is 15.3. The maximum absolute atomic E-state index is 5.77. The zero-order valence-corrected chi connectivity index (χ0v) is 12.5. The summed E-state index contributed by atoms with van der Waals surface area (Å²) in [5, 5.41) is 0. The van der Waals surface area contributed by atoms with Crippen LogP contribution in [0.1, 0.15) is 32.3 Å². The van der Waals surface area contributed by atoms with Crippen molar-refractivity contribution in [3.63, 3.8) is 0 Å². The summed E-state index contributed by atoms with van der Waals surface area (Å²) in [6.45, 7) is 13.9. The summed E-state index contributed by atoms with van der Waals surface area (Å²) in [6.07, 6.45) is 0. The topological polar surface area (TPSA) is 58.3 Å². The molecule has 1 fully saturated rings. The summed E-state index contributed by atoms with van der Waals surface area (Å²) < 4.78 is 0. The van der Waals surface area contributed by atoms with Crippen LogP contribution in [0, 0.1) is 6.92 Å². The number of nitrogens with zero attached hydrogens (tertiary/aromatic N) is 4. The molecular weight excluding hydrogens is 238 g/mol. The van der Waals surface area contributed by atoms with Gasteiger partial charge in [-0.05, 0) is 27.7 Å². The molecule has 0 radical (unpaired) electrons. The first kappa shape index (κ1) is 14.2. The third kappa shape index (κ3) is 3.88. The second-order valence-electron chi connectivity index (χ2n) is 6.28. The first-order valence-electron chi connectivity index (χ1n) is 6.92. The van der Waals surface area contributed by atoms with Crippen molar-refractivity contribution in [2.45, 2.75) is 39.8 Å². The molecule has 106 valence electrons. The average Bonchev–Trinajstić information content (AvgIpc) is 2.26. The predicted molar refractivity (Wildman–Crippen MR) is 77.8 cm³/mol. The summed E-state index contributed by atoms with van der Waals surface area (Å²) in [5.41, 5.74) is 6.97. The van der Waals surface area contributed by atoms with Gasteiger partial charge in [0, 0.05) is 43.5 Å². The summed E-state index contributed by atoms with van der Waals surface area (Å²) in [6, 6.07) is 1.81. The van der Waals surface area contributed by atoms with Crippen LogP contribution in [-0.4, -0.2) is 51.5 Å². The Hall–Kier alpha value is -1.20. The van der Waals surface area contributed by atoms with Gasteiger partial charge in [-0.2, -0.15) is 0 Å². The van der Waals surface area contributed by atoms with E-state index in [-0.39, 0.29) is 5.54 Å². The molecule has 0 spiro atoms. The van der Waals surface area contributed by atoms with Crippen molar-refractivity contribution in [2.75, 3.05) is 31.9 Å². The summed E-state index contributed by atoms with van der Waals surface area (Å²) >= 11 is 0. The van der Waals surface area contributed by atoms with Crippen LogP contribution < -0.4 is 5.73 Å². The van der Waals surface area contributed by atoms with Gasteiger partial charge < -0.3 is 5.73 Å². The van der Waals surface area contributed by atoms with Crippen LogP contribution in [0.4, 0.5) is 5.82 Å². The van der Waals surface area contributed by atoms with E-state index in [0.717, 1.165) is 44.2 Å². The van der Waals surface area contributed by atoms with Gasteiger partial charge in [0.15, 0.2) is 0 Å². The molecule has 19 heavy (non-hydrogen) atoms. The second kappa shape index (κ2) is 5.43. The quantitative estimate of drug-likeness (QED) is 0.871. The maximum Gasteiger partial charge on any atom is 0.144 e. The Kier molecular flexibility index (Phi) is 4.06. The van der Waals surface area contributed by atoms with Crippen LogP contribution >= 0.6 is 0 Å². The van der Waals surface area contributed by atoms with Crippen molar-refractivity contribution >= 4 is 5.82 Å². The monoisotopic (exact) mass is 263 g/mol. The normalized spacial score (nSPS) is 18.7. The lowest BCUT2D eigenvalue weighted by Crippen LogP contribution is -2.53. The Balaban J connectivity index is 1.92. The first-order valence-corrected chi connectivity index (χ1v) is 6.92. The summed E-state index contributed by atoms with van der Waals surface area (Å²) in [7, 11) is 0. The summed E-state index contributed by atoms with van der Waals surface area (Å²) in [5.74, 6) is 1.40. The fraction of sp³-hybridized carbons (Fsp3) is 0.714. The molecule has 2 heterocycles. The molecule has 5 heteroatoms. The lowest BCUT2D eigenvalue weighted by atomic mass is 10.1. The van der Waals surface area contributed by atoms with Crippen LogP contribution in [0.25, 0.3) is 0 Å². The third-order valence-electron chi connectivity index (χ3n) is 3.61. The molecule has 0 bridgehead atoms. The van der Waals surface area contributed by atoms with Crippen molar-refractivity contribution in [1.29, 1.82) is 0 Å². The van der Waals surface area contributed by atoms with Crippen molar-refractivity contribution < 1.29 is 0 Å². The lowest BCUT2D eigenvalue weighted by molar-refractivity contribution is 0.0580. The minimum atomic E-state index is 0.260. The zero-order chi connectivity index (χ0) is 14.0. The number of aromatic nitrogens is 2. The van der Waals surface area contributed by atoms with E-state index in [2.05, 4.69) is 40.5 Å². The van der Waals surface area contributed by atoms with Crippen LogP contribution in [-0.2, 0) is 6.54 Å². The number of nitrogens with two attached hydrogens (primary N) is 1. The lowest BCUT2D eigenvalue weighted by Gasteiger charge is -2.42. The maximum atomic E-state index is 5.77. The van der Waals surface area contributed by atoms with E-state index in [1.807, 2.05) is 6.92 Å². The van der Waals surface area contributed by atoms with Crippen molar-refractivity contribution in [3.8, 4) is 0 Å². The Morgan fingerprint density at radius 3 is 2.32 bits per heavy atom. The molecule has 0 unspecified atom stereocenters. The number of anilines is 1. The van der Waals surface area contributed by atoms with Gasteiger partial charge >= 0.3 is 0 Å². The number of piperazine rings is 1. The number of aryl methyl sites for hydroxylation is 1. The zero-order valence-electron chi connectivity index (χ0n) is 12.5. The molecule has 0 aromatic carbocycles. The molecule has 1 saturated heterocycles. The molecule has 1 aliphatic rings. The largest absolute Gasteiger partial charge is 0.384 e. The van der Waals surface area contributed by atoms with Gasteiger partial charge in [0.25, 0.3) is 0 Å². The smallest absolute Gasteiger partial charge is 0.144 e. The Morgan fingerprint density at radius 2 is 1.79 bits per heavy atom. The Morgan fingerprint density at radius 1 is 1.16 bits per heavy atom. The Labute approximate surface area is 115 Å². The van der Waals surface area contributed by atoms with Crippen molar-refractivity contribution in [2.24, 2.45) is 0 Å². The van der Waals surface area contributed by atoms with Gasteiger partial charge in [-0.25, -0.2) is 9.97 Å². The van der Waals surface area contributed by atoms with Crippen LogP contribution in [0.15, 0.2) is 6.07 Å². The van der Waals surface area contributed by atoms with E-state index in [1.54, 1.807) is 6.07 Å². The van der Waals surface area contributed by atoms with Crippen LogP contribution in [0.3, 0.4) is 0 Å². The minimum absolute atomic E-state index is 0.260. The van der Waals surface area contributed by atoms with E-state index < -0.39 is 0 Å². The first-order chi connectivity index (χ1) is 8.84. The standard InChI is InChI=1S/C14H25N5/c1-11-9-12(15)17-13(16-11)10-18-5-7-19(8-6-18)14(2,3)4/h9H,5-8,10H2,1-4H3,(H2,15,16,17). The number of nitrogen functional groups attached to an aromatic ring is 1. The van der Waals surface area contributed by atoms with Gasteiger partial charge in [0.05, 0.1) is 6.54 Å². The fourth-order valence-corrected chi connectivity index (χ4v) is 2.50. The van der Waals surface area contributed by atoms with Gasteiger partial charge in [0.1, 0.15) is 11.6 Å². The molecule has 2 N–H and O–H groups in total. The highest BCUT2D eigenvalue weighted by Gasteiger charge is 2.25. The molecular formula is C14H25N5. The molecule has 0 saturated carbocycles. The van der Waals surface area contributed by atoms with Gasteiger partial charge in [0.2, 0.25) is 0 Å². The van der Waals surface area contributed by atoms with E-state index in [1.165, 1.54) is 0 Å². The van der Waals surface area contributed by atoms with Gasteiger partial charge in [-0.15, -0.1) is 0 Å². The molecule has 2 rings (SSSR count). The van der Waals surface area contributed by atoms with Crippen molar-refractivity contribution in [1.82, 2.24) is 19.8 Å². The fourth-order valence-electron chi connectivity index (χ4n) is 2.50. The van der Waals surface area contributed by atoms with Crippen LogP contribution in [0.2, 0.25) is 0 Å². The number of hydrogen-bond donors (Lipinski definition) is 1. The van der Waals surface area contributed by atoms with E-state index in [4.69, 9.17) is 5.73 Å². The van der Waals surface area contributed by atoms with E-state index in [0.29, 0.717) is 5.82 Å². The Bertz CT molecular complexity index is 410. The van der Waals surface area contributed by atoms with Crippen LogP contribution in [0.5, 0.6) is 0 Å². The number of rotatable bonds is 2. The molecule has 0 amide bonds. The minimum Gasteiger partial charge on any atom is -0.384 e. The molecule has 5 nitrogen and oxygen atoms in total. The highest BCUT2D eigenvalue weighted by Crippen LogP contribution is 2.16. The predicted octanol–water partition coefficient (Wildman–Crippen LogP) is 1.28. The van der Waals surface area contributed by atoms with E-state index >= 15 is 0 Å². The second-order valence-corrected chi connectivity index (χ2v) is 6.28. The van der Waals surface area contributed by atoms with Gasteiger partial charge in [-0.3, -0.25) is 9.80 Å². The molecule has 1 aliphatic heterocycles. The highest BCUT2D eigenvalue weighted by molar-refractivity contribution is 5.29. The number of hydrogen-bond acceptors (Lipinski definition) is 5. The van der Waals surface area contributed by atoms with Crippen molar-refractivity contribution in [3.05, 3.63) is 17.6 Å². The average molecular weight is 263 g/mol. The molecule has 1 aromatic heterocycles. The summed E-state index contributed by atoms with van der Waals surface area (Å²) in [4.78, 5) is 13.7. The molecule has 0 atom stereocenters. The van der Waals surface area contributed by atoms with E-state index in [9.17, 15) is 0 Å². The van der Waals surface area contributed by atoms with Gasteiger partial charge in [-0.1, -0.05) is 0 Å². The molecule has 0 aliphatic carbocycles. The SMILES string of the molecule is Cc1cc(N)nc(CN2CCN(C(C)(C)C)CC2)n1. The molecule has 1 aromatic rings.